The van der Waals surface area contributed by atoms with Crippen LogP contribution in [-0.2, 0) is 10.2 Å². The maximum absolute atomic E-state index is 14.0. The summed E-state index contributed by atoms with van der Waals surface area (Å²) in [6, 6.07) is 17.4. The summed E-state index contributed by atoms with van der Waals surface area (Å²) in [5, 5.41) is 3.02. The number of hydrogen-bond acceptors (Lipinski definition) is 5. The van der Waals surface area contributed by atoms with Crippen LogP contribution in [-0.4, -0.2) is 63.0 Å². The molecule has 0 aromatic heterocycles. The number of fused-ring (bicyclic) bond motifs is 3. The number of rotatable bonds is 9. The number of amides is 1. The number of alkyl halides is 1. The molecule has 1 amide bonds. The summed E-state index contributed by atoms with van der Waals surface area (Å²) in [6.07, 6.45) is 5.98. The topological polar surface area (TPSA) is 61.9 Å². The summed E-state index contributed by atoms with van der Waals surface area (Å²) >= 11 is 0. The summed E-state index contributed by atoms with van der Waals surface area (Å²) in [6.45, 7) is 16.2. The predicted octanol–water partition coefficient (Wildman–Crippen LogP) is 8.56. The molecule has 3 aromatic rings. The van der Waals surface area contributed by atoms with E-state index in [4.69, 9.17) is 4.74 Å². The Morgan fingerprint density at radius 1 is 1.02 bits per heavy atom. The number of allylic oxidation sites excluding steroid dienone is 1. The molecule has 7 heteroatoms. The number of Topliss-reactive ketones (excluding diaryl/α,β-unsaturated/α-hetero) is 1. The molecule has 0 spiro atoms. The molecular weight excluding hydrogens is 601 g/mol. The fraction of sp³-hybridized carbons (Fsp3) is 0.463. The molecule has 48 heavy (non-hydrogen) atoms. The predicted molar refractivity (Wildman–Crippen MR) is 194 cm³/mol. The van der Waals surface area contributed by atoms with Crippen molar-refractivity contribution in [1.29, 1.82) is 0 Å². The van der Waals surface area contributed by atoms with Gasteiger partial charge in [-0.25, -0.2) is 0 Å². The molecule has 6 rings (SSSR count). The summed E-state index contributed by atoms with van der Waals surface area (Å²) in [4.78, 5) is 32.0. The van der Waals surface area contributed by atoms with E-state index >= 15 is 0 Å². The molecule has 2 heterocycles. The van der Waals surface area contributed by atoms with E-state index in [1.165, 1.54) is 28.7 Å². The number of aryl methyl sites for hydroxylation is 1. The van der Waals surface area contributed by atoms with E-state index in [0.717, 1.165) is 61.5 Å². The third kappa shape index (κ3) is 6.67. The zero-order valence-corrected chi connectivity index (χ0v) is 30.0. The lowest BCUT2D eigenvalue weighted by atomic mass is 9.82. The molecule has 2 unspecified atom stereocenters. The third-order valence-electron chi connectivity index (χ3n) is 10.7. The molecule has 3 aliphatic rings. The van der Waals surface area contributed by atoms with E-state index in [-0.39, 0.29) is 22.7 Å². The van der Waals surface area contributed by atoms with Gasteiger partial charge in [-0.3, -0.25) is 14.0 Å². The average molecular weight is 654 g/mol. The first-order chi connectivity index (χ1) is 23.0. The third-order valence-corrected chi connectivity index (χ3v) is 10.7. The molecule has 0 saturated carbocycles. The van der Waals surface area contributed by atoms with E-state index in [0.29, 0.717) is 37.0 Å². The molecule has 0 bridgehead atoms. The van der Waals surface area contributed by atoms with Gasteiger partial charge in [-0.15, -0.1) is 0 Å². The number of nitrogens with one attached hydrogen (secondary N) is 1. The van der Waals surface area contributed by atoms with Gasteiger partial charge in [0, 0.05) is 42.2 Å². The van der Waals surface area contributed by atoms with E-state index < -0.39 is 0 Å². The Hall–Kier alpha value is -3.97. The number of benzene rings is 3. The fourth-order valence-electron chi connectivity index (χ4n) is 7.81. The van der Waals surface area contributed by atoms with Crippen LogP contribution >= 0.6 is 0 Å². The van der Waals surface area contributed by atoms with Crippen molar-refractivity contribution >= 4 is 17.4 Å². The van der Waals surface area contributed by atoms with Crippen molar-refractivity contribution in [2.45, 2.75) is 78.7 Å². The van der Waals surface area contributed by atoms with Crippen molar-refractivity contribution in [1.82, 2.24) is 10.2 Å². The standard InChI is InChI=1S/C40H49N3O3.CH3F/c1-8-29(39(45)41-19-17-28-12-11-20-42(28)7)37(44)30-15-16-35(43-21-18-25(2)24-43)38(27(30)4)46-36-23-34-32(22-26(36)3)31-13-9-10-14-33(31)40(34,5)6;1-2/h8-10,13-16,22-23,25,28H,11-12,17-21,24H2,1-7H3,(H,41,45);1H3/b29-8+;. The number of carbonyl (C=O) groups is 2. The molecule has 6 nitrogen and oxygen atoms in total. The van der Waals surface area contributed by atoms with Crippen LogP contribution in [0.5, 0.6) is 11.5 Å². The molecule has 2 saturated heterocycles. The van der Waals surface area contributed by atoms with Crippen molar-refractivity contribution in [3.05, 3.63) is 88.0 Å². The largest absolute Gasteiger partial charge is 0.455 e. The highest BCUT2D eigenvalue weighted by molar-refractivity contribution is 6.26. The molecule has 0 radical (unpaired) electrons. The first-order valence-electron chi connectivity index (χ1n) is 17.4. The Morgan fingerprint density at radius 3 is 2.44 bits per heavy atom. The second-order valence-corrected chi connectivity index (χ2v) is 14.2. The summed E-state index contributed by atoms with van der Waals surface area (Å²) in [5.74, 6) is 1.48. The highest BCUT2D eigenvalue weighted by Crippen LogP contribution is 2.51. The van der Waals surface area contributed by atoms with Gasteiger partial charge < -0.3 is 19.9 Å². The van der Waals surface area contributed by atoms with Crippen LogP contribution in [0.15, 0.2) is 60.2 Å². The number of anilines is 1. The first-order valence-corrected chi connectivity index (χ1v) is 17.4. The lowest BCUT2D eigenvalue weighted by molar-refractivity contribution is -0.117. The molecule has 1 N–H and O–H groups in total. The Labute approximate surface area is 286 Å². The molecule has 256 valence electrons. The maximum Gasteiger partial charge on any atom is 0.254 e. The average Bonchev–Trinajstić information content (AvgIpc) is 3.75. The quantitative estimate of drug-likeness (QED) is 0.109. The lowest BCUT2D eigenvalue weighted by Gasteiger charge is -2.26. The number of nitrogens with zero attached hydrogens (tertiary/aromatic N) is 2. The zero-order chi connectivity index (χ0) is 34.7. The van der Waals surface area contributed by atoms with Gasteiger partial charge in [-0.2, -0.15) is 0 Å². The van der Waals surface area contributed by atoms with Gasteiger partial charge in [-0.05, 0) is 118 Å². The Balaban J connectivity index is 0.00000221. The van der Waals surface area contributed by atoms with Gasteiger partial charge in [0.05, 0.1) is 18.4 Å². The van der Waals surface area contributed by atoms with Gasteiger partial charge in [0.25, 0.3) is 5.91 Å². The number of ketones is 1. The van der Waals surface area contributed by atoms with Crippen LogP contribution in [0.2, 0.25) is 0 Å². The van der Waals surface area contributed by atoms with Gasteiger partial charge >= 0.3 is 0 Å². The normalized spacial score (nSPS) is 19.8. The molecular formula is C41H52FN3O3. The van der Waals surface area contributed by atoms with Crippen LogP contribution in [0.4, 0.5) is 10.1 Å². The second-order valence-electron chi connectivity index (χ2n) is 14.2. The van der Waals surface area contributed by atoms with Gasteiger partial charge in [0.2, 0.25) is 0 Å². The number of halogens is 1. The van der Waals surface area contributed by atoms with Crippen molar-refractivity contribution in [2.24, 2.45) is 5.92 Å². The van der Waals surface area contributed by atoms with E-state index in [1.54, 1.807) is 13.0 Å². The zero-order valence-electron chi connectivity index (χ0n) is 30.0. The highest BCUT2D eigenvalue weighted by atomic mass is 19.1. The summed E-state index contributed by atoms with van der Waals surface area (Å²) in [7, 11) is 2.64. The fourth-order valence-corrected chi connectivity index (χ4v) is 7.81. The van der Waals surface area contributed by atoms with E-state index in [9.17, 15) is 14.0 Å². The minimum Gasteiger partial charge on any atom is -0.455 e. The Bertz CT molecular complexity index is 1710. The lowest BCUT2D eigenvalue weighted by Crippen LogP contribution is -2.34. The number of hydrogen-bond donors (Lipinski definition) is 1. The first kappa shape index (κ1) is 35.3. The summed E-state index contributed by atoms with van der Waals surface area (Å²) < 4.78 is 16.4. The van der Waals surface area contributed by atoms with Crippen LogP contribution < -0.4 is 15.0 Å². The van der Waals surface area contributed by atoms with Gasteiger partial charge in [0.1, 0.15) is 5.75 Å². The SMILES string of the molecule is C/C=C(/C(=O)NCCC1CCCN1C)C(=O)c1ccc(N2CCC(C)C2)c(Oc2cc3c(cc2C)-c2ccccc2C3(C)C)c1C.CF. The molecule has 2 atom stereocenters. The maximum atomic E-state index is 14.0. The van der Waals surface area contributed by atoms with Gasteiger partial charge in [-0.1, -0.05) is 51.1 Å². The second kappa shape index (κ2) is 14.7. The highest BCUT2D eigenvalue weighted by Gasteiger charge is 2.36. The van der Waals surface area contributed by atoms with Crippen molar-refractivity contribution in [3.8, 4) is 22.6 Å². The van der Waals surface area contributed by atoms with Crippen LogP contribution in [0.1, 0.15) is 86.0 Å². The Morgan fingerprint density at radius 2 is 1.77 bits per heavy atom. The number of carbonyl (C=O) groups excluding carboxylic acids is 2. The van der Waals surface area contributed by atoms with E-state index in [2.05, 4.69) is 86.3 Å². The minimum absolute atomic E-state index is 0.154. The molecule has 2 aliphatic heterocycles. The monoisotopic (exact) mass is 653 g/mol. The van der Waals surface area contributed by atoms with Crippen LogP contribution in [0.25, 0.3) is 11.1 Å². The number of ether oxygens (including phenoxy) is 1. The van der Waals surface area contributed by atoms with Crippen LogP contribution in [0.3, 0.4) is 0 Å². The van der Waals surface area contributed by atoms with Crippen LogP contribution in [0, 0.1) is 19.8 Å². The summed E-state index contributed by atoms with van der Waals surface area (Å²) in [5.41, 5.74) is 8.40. The van der Waals surface area contributed by atoms with Crippen molar-refractivity contribution in [3.63, 3.8) is 0 Å². The van der Waals surface area contributed by atoms with Gasteiger partial charge in [0.15, 0.2) is 11.5 Å². The Kier molecular flexibility index (Phi) is 10.8. The molecule has 1 aliphatic carbocycles. The minimum atomic E-state index is -0.316. The van der Waals surface area contributed by atoms with Crippen molar-refractivity contribution < 1.29 is 18.7 Å². The van der Waals surface area contributed by atoms with E-state index in [1.807, 2.05) is 19.1 Å². The van der Waals surface area contributed by atoms with Crippen molar-refractivity contribution in [2.75, 3.05) is 45.3 Å². The molecule has 3 aromatic carbocycles. The smallest absolute Gasteiger partial charge is 0.254 e. The molecule has 2 fully saturated rings. The number of likely N-dealkylation sites (tertiary alicyclic amines) is 1.